The van der Waals surface area contributed by atoms with Crippen LogP contribution >= 0.6 is 0 Å². The van der Waals surface area contributed by atoms with Crippen LogP contribution in [0.15, 0.2) is 84.1 Å². The fraction of sp³-hybridized carbons (Fsp3) is 0.214. The number of hydrogen-bond donors (Lipinski definition) is 1. The quantitative estimate of drug-likeness (QED) is 0.0859. The lowest BCUT2D eigenvalue weighted by Crippen LogP contribution is -2.08. The molecule has 0 unspecified atom stereocenters. The summed E-state index contributed by atoms with van der Waals surface area (Å²) in [7, 11) is 1.65. The first-order valence-electron chi connectivity index (χ1n) is 11.2. The number of benzene rings is 3. The van der Waals surface area contributed by atoms with Gasteiger partial charge in [-0.15, -0.1) is 4.91 Å². The van der Waals surface area contributed by atoms with Gasteiger partial charge in [0.25, 0.3) is 0 Å². The fourth-order valence-electron chi connectivity index (χ4n) is 2.97. The predicted octanol–water partition coefficient (Wildman–Crippen LogP) is 6.12. The van der Waals surface area contributed by atoms with E-state index in [0.717, 1.165) is 35.3 Å². The third kappa shape index (κ3) is 9.42. The van der Waals surface area contributed by atoms with E-state index in [1.165, 1.54) is 18.2 Å². The first kappa shape index (κ1) is 27.8. The summed E-state index contributed by atoms with van der Waals surface area (Å²) in [5.41, 5.74) is 9.01. The Morgan fingerprint density at radius 2 is 1.50 bits per heavy atom. The number of nitrogens with zero attached hydrogens (tertiary/aromatic N) is 1. The van der Waals surface area contributed by atoms with E-state index >= 15 is 0 Å². The molecule has 36 heavy (non-hydrogen) atoms. The number of nitrogens with two attached hydrogens (primary N) is 1. The van der Waals surface area contributed by atoms with E-state index in [1.807, 2.05) is 48.5 Å². The number of nitrogen functional groups attached to an aromatic ring is 1. The van der Waals surface area contributed by atoms with Crippen molar-refractivity contribution in [3.05, 3.63) is 89.4 Å². The molecule has 3 rings (SSSR count). The maximum absolute atomic E-state index is 12.0. The molecule has 0 saturated heterocycles. The van der Waals surface area contributed by atoms with Gasteiger partial charge in [-0.25, -0.2) is 4.79 Å². The fourth-order valence-corrected chi connectivity index (χ4v) is 2.97. The van der Waals surface area contributed by atoms with Gasteiger partial charge >= 0.3 is 5.97 Å². The first-order valence-corrected chi connectivity index (χ1v) is 11.2. The second kappa shape index (κ2) is 14.7. The van der Waals surface area contributed by atoms with Crippen LogP contribution in [-0.2, 0) is 9.53 Å². The number of ether oxygens (including phenoxy) is 3. The Hall–Kier alpha value is -4.46. The van der Waals surface area contributed by atoms with Crippen molar-refractivity contribution in [2.24, 2.45) is 5.18 Å². The second-order valence-corrected chi connectivity index (χ2v) is 7.81. The predicted molar refractivity (Wildman–Crippen MR) is 141 cm³/mol. The molecule has 0 aliphatic rings. The van der Waals surface area contributed by atoms with E-state index in [0.29, 0.717) is 18.6 Å². The summed E-state index contributed by atoms with van der Waals surface area (Å²) < 4.78 is 16.1. The van der Waals surface area contributed by atoms with E-state index in [1.54, 1.807) is 14.0 Å². The lowest BCUT2D eigenvalue weighted by atomic mass is 10.1. The van der Waals surface area contributed by atoms with Gasteiger partial charge in [0, 0.05) is 5.69 Å². The summed E-state index contributed by atoms with van der Waals surface area (Å²) in [4.78, 5) is 32.1. The van der Waals surface area contributed by atoms with Crippen molar-refractivity contribution in [3.8, 4) is 22.6 Å². The van der Waals surface area contributed by atoms with E-state index < -0.39 is 5.97 Å². The van der Waals surface area contributed by atoms with Gasteiger partial charge in [0.1, 0.15) is 23.5 Å². The van der Waals surface area contributed by atoms with Crippen LogP contribution in [0.3, 0.4) is 0 Å². The zero-order valence-corrected chi connectivity index (χ0v) is 20.4. The van der Waals surface area contributed by atoms with E-state index in [-0.39, 0.29) is 23.5 Å². The molecular weight excluding hydrogens is 460 g/mol. The molecular formula is C28H30N2O6. The third-order valence-corrected chi connectivity index (χ3v) is 4.80. The molecule has 2 N–H and O–H groups in total. The summed E-state index contributed by atoms with van der Waals surface area (Å²) in [6, 6.07) is 19.9. The molecule has 0 saturated carbocycles. The molecule has 8 heteroatoms. The van der Waals surface area contributed by atoms with Gasteiger partial charge in [0.2, 0.25) is 0 Å². The maximum atomic E-state index is 12.0. The highest BCUT2D eigenvalue weighted by Gasteiger charge is 2.10. The van der Waals surface area contributed by atoms with Crippen LogP contribution in [0.2, 0.25) is 0 Å². The number of hydrogen-bond acceptors (Lipinski definition) is 8. The molecule has 0 aromatic heterocycles. The average molecular weight is 491 g/mol. The molecule has 8 nitrogen and oxygen atoms in total. The Kier molecular flexibility index (Phi) is 11.4. The minimum atomic E-state index is -0.535. The van der Waals surface area contributed by atoms with Crippen molar-refractivity contribution >= 4 is 23.6 Å². The van der Waals surface area contributed by atoms with Crippen molar-refractivity contribution < 1.29 is 23.8 Å². The van der Waals surface area contributed by atoms with Crippen LogP contribution < -0.4 is 15.2 Å². The monoisotopic (exact) mass is 490 g/mol. The molecule has 0 heterocycles. The van der Waals surface area contributed by atoms with Gasteiger partial charge in [-0.05, 0) is 84.1 Å². The topological polar surface area (TPSA) is 117 Å². The molecule has 0 aliphatic carbocycles. The molecule has 3 aromatic carbocycles. The molecule has 0 fully saturated rings. The number of allylic oxidation sites excluding steroid dienone is 1. The molecule has 0 spiro atoms. The third-order valence-electron chi connectivity index (χ3n) is 4.80. The number of carbonyl (C=O) groups excluding carboxylic acids is 2. The van der Waals surface area contributed by atoms with Crippen LogP contribution in [0.1, 0.15) is 30.1 Å². The largest absolute Gasteiger partial charge is 0.497 e. The number of nitroso groups, excluding NO2 is 1. The highest BCUT2D eigenvalue weighted by Crippen LogP contribution is 2.24. The minimum Gasteiger partial charge on any atom is -0.497 e. The Labute approximate surface area is 210 Å². The smallest absolute Gasteiger partial charge is 0.338 e. The zero-order chi connectivity index (χ0) is 26.3. The summed E-state index contributed by atoms with van der Waals surface area (Å²) in [6.45, 7) is 5.72. The molecule has 0 bridgehead atoms. The molecule has 0 radical (unpaired) electrons. The van der Waals surface area contributed by atoms with Crippen LogP contribution in [0.25, 0.3) is 11.1 Å². The number of carbonyl (C=O) groups is 2. The molecule has 188 valence electrons. The van der Waals surface area contributed by atoms with Gasteiger partial charge in [0.05, 0.1) is 25.9 Å². The number of methoxy groups -OCH3 is 1. The van der Waals surface area contributed by atoms with Crippen molar-refractivity contribution in [1.82, 2.24) is 0 Å². The molecule has 3 aromatic rings. The second-order valence-electron chi connectivity index (χ2n) is 7.81. The van der Waals surface area contributed by atoms with E-state index in [4.69, 9.17) is 19.9 Å². The number of rotatable bonds is 11. The Balaban J connectivity index is 0.000000830. The highest BCUT2D eigenvalue weighted by atomic mass is 16.5. The molecule has 0 amide bonds. The van der Waals surface area contributed by atoms with Crippen LogP contribution in [-0.4, -0.2) is 32.6 Å². The summed E-state index contributed by atoms with van der Waals surface area (Å²) in [5, 5.41) is 2.79. The highest BCUT2D eigenvalue weighted by molar-refractivity contribution is 5.91. The van der Waals surface area contributed by atoms with Gasteiger partial charge < -0.3 is 19.9 Å². The van der Waals surface area contributed by atoms with Crippen molar-refractivity contribution in [1.29, 1.82) is 0 Å². The summed E-state index contributed by atoms with van der Waals surface area (Å²) in [5.74, 6) is 1.07. The number of esters is 1. The number of anilines is 1. The van der Waals surface area contributed by atoms with Crippen molar-refractivity contribution in [2.45, 2.75) is 19.8 Å². The van der Waals surface area contributed by atoms with Crippen molar-refractivity contribution in [2.75, 3.05) is 26.1 Å². The normalized spacial score (nSPS) is 9.83. The first-order chi connectivity index (χ1) is 17.4. The average Bonchev–Trinajstić information content (AvgIpc) is 2.90. The Morgan fingerprint density at radius 1 is 0.944 bits per heavy atom. The summed E-state index contributed by atoms with van der Waals surface area (Å²) in [6.07, 6.45) is 2.10. The van der Waals surface area contributed by atoms with E-state index in [2.05, 4.69) is 11.8 Å². The van der Waals surface area contributed by atoms with Crippen LogP contribution in [0.4, 0.5) is 11.4 Å². The zero-order valence-electron chi connectivity index (χ0n) is 20.4. The van der Waals surface area contributed by atoms with Gasteiger partial charge in [-0.3, -0.25) is 4.79 Å². The minimum absolute atomic E-state index is 0.0957. The van der Waals surface area contributed by atoms with Crippen LogP contribution in [0, 0.1) is 4.91 Å². The van der Waals surface area contributed by atoms with Gasteiger partial charge in [0.15, 0.2) is 0 Å². The Morgan fingerprint density at radius 3 is 2.03 bits per heavy atom. The van der Waals surface area contributed by atoms with Crippen LogP contribution in [0.5, 0.6) is 11.5 Å². The molecule has 0 aliphatic heterocycles. The van der Waals surface area contributed by atoms with E-state index in [9.17, 15) is 14.5 Å². The van der Waals surface area contributed by atoms with Crippen molar-refractivity contribution in [3.63, 3.8) is 0 Å². The lowest BCUT2D eigenvalue weighted by molar-refractivity contribution is -0.104. The van der Waals surface area contributed by atoms with Gasteiger partial charge in [-0.2, -0.15) is 0 Å². The van der Waals surface area contributed by atoms with Gasteiger partial charge in [-0.1, -0.05) is 30.8 Å². The SMILES string of the molecule is C=C(C)C=O.COc1ccc(-c2ccc(OCCCCOC(=O)c3cc(N)cc(N=O)c3)cc2)cc1. The molecule has 0 atom stereocenters. The summed E-state index contributed by atoms with van der Waals surface area (Å²) >= 11 is 0. The number of aldehydes is 1. The maximum Gasteiger partial charge on any atom is 0.338 e. The lowest BCUT2D eigenvalue weighted by Gasteiger charge is -2.09. The number of unbranched alkanes of at least 4 members (excludes halogenated alkanes) is 1. The Bertz CT molecular complexity index is 1160. The standard InChI is InChI=1S/C24H24N2O5.C4H6O/c1-29-22-8-4-17(5-9-22)18-6-10-23(11-7-18)30-12-2-3-13-31-24(27)19-14-20(25)16-21(15-19)26-28;1-4(2)3-5/h4-11,14-16H,2-3,12-13,25H2,1H3;3H,1H2,2H3.